The Labute approximate surface area is 201 Å². The van der Waals surface area contributed by atoms with Crippen LogP contribution in [-0.2, 0) is 19.0 Å². The number of piperidine rings is 1. The van der Waals surface area contributed by atoms with E-state index < -0.39 is 17.6 Å². The third-order valence-corrected chi connectivity index (χ3v) is 6.09. The van der Waals surface area contributed by atoms with Crippen LogP contribution in [0.4, 0.5) is 34.9 Å². The van der Waals surface area contributed by atoms with Crippen LogP contribution >= 0.6 is 0 Å². The number of benzene rings is 2. The molecule has 0 unspecified atom stereocenters. The lowest BCUT2D eigenvalue weighted by Crippen LogP contribution is -2.30. The fourth-order valence-corrected chi connectivity index (χ4v) is 4.19. The summed E-state index contributed by atoms with van der Waals surface area (Å²) in [4.78, 5) is 9.99. The average molecular weight is 486 g/mol. The number of anilines is 3. The fourth-order valence-electron chi connectivity index (χ4n) is 4.19. The first-order valence-electron chi connectivity index (χ1n) is 11.5. The zero-order valence-electron chi connectivity index (χ0n) is 19.2. The summed E-state index contributed by atoms with van der Waals surface area (Å²) in [6.45, 7) is 5.45. The quantitative estimate of drug-likeness (QED) is 0.398. The third-order valence-electron chi connectivity index (χ3n) is 6.09. The maximum atomic E-state index is 14.7. The van der Waals surface area contributed by atoms with E-state index in [0.29, 0.717) is 18.5 Å². The molecule has 35 heavy (non-hydrogen) atoms. The van der Waals surface area contributed by atoms with Gasteiger partial charge in [-0.15, -0.1) is 0 Å². The van der Waals surface area contributed by atoms with Crippen LogP contribution in [0.1, 0.15) is 41.5 Å². The normalized spacial score (nSPS) is 14.1. The molecular formula is C26H27F4N5. The Morgan fingerprint density at radius 3 is 2.34 bits per heavy atom. The summed E-state index contributed by atoms with van der Waals surface area (Å²) >= 11 is 0. The van der Waals surface area contributed by atoms with Crippen molar-refractivity contribution in [3.8, 4) is 0 Å². The van der Waals surface area contributed by atoms with Crippen LogP contribution in [0.25, 0.3) is 5.70 Å². The van der Waals surface area contributed by atoms with Gasteiger partial charge in [-0.05, 0) is 73.6 Å². The van der Waals surface area contributed by atoms with Gasteiger partial charge in [0.15, 0.2) is 0 Å². The number of aryl methyl sites for hydroxylation is 2. The predicted molar refractivity (Wildman–Crippen MR) is 130 cm³/mol. The number of hydrogen-bond acceptors (Lipinski definition) is 5. The second-order valence-electron chi connectivity index (χ2n) is 8.64. The van der Waals surface area contributed by atoms with Crippen LogP contribution in [-0.4, -0.2) is 23.1 Å². The molecule has 0 spiro atoms. The number of nitrogens with zero attached hydrogens (tertiary/aromatic N) is 3. The van der Waals surface area contributed by atoms with Crippen molar-refractivity contribution in [3.05, 3.63) is 83.4 Å². The lowest BCUT2D eigenvalue weighted by atomic mass is 10.0. The van der Waals surface area contributed by atoms with Gasteiger partial charge in [-0.1, -0.05) is 12.6 Å². The molecule has 1 fully saturated rings. The standard InChI is InChI=1S/C26H27F4N5/c1-17(21-13-18(7-9-22(21)27)5-6-19-15-32-25(31)33-16-19)34-23-14-20(26(28,29)30)8-10-24(23)35-11-3-2-4-12-35/h7-10,13-16,34H,1-6,11-12H2,(H2,31,32,33). The van der Waals surface area contributed by atoms with Crippen molar-refractivity contribution in [3.63, 3.8) is 0 Å². The van der Waals surface area contributed by atoms with E-state index in [1.165, 1.54) is 12.1 Å². The SMILES string of the molecule is C=C(Nc1cc(C(F)(F)F)ccc1N1CCCCC1)c1cc(CCc2cnc(N)nc2)ccc1F. The van der Waals surface area contributed by atoms with E-state index in [1.54, 1.807) is 24.5 Å². The second kappa shape index (κ2) is 10.3. The third kappa shape index (κ3) is 6.09. The van der Waals surface area contributed by atoms with E-state index in [9.17, 15) is 17.6 Å². The van der Waals surface area contributed by atoms with Crippen LogP contribution in [0, 0.1) is 5.82 Å². The van der Waals surface area contributed by atoms with E-state index in [4.69, 9.17) is 5.73 Å². The molecule has 4 rings (SSSR count). The average Bonchev–Trinajstić information content (AvgIpc) is 2.84. The predicted octanol–water partition coefficient (Wildman–Crippen LogP) is 6.08. The molecule has 1 aromatic heterocycles. The minimum Gasteiger partial charge on any atom is -0.370 e. The maximum Gasteiger partial charge on any atom is 0.416 e. The summed E-state index contributed by atoms with van der Waals surface area (Å²) in [5, 5.41) is 2.97. The second-order valence-corrected chi connectivity index (χ2v) is 8.64. The number of nitrogens with one attached hydrogen (secondary N) is 1. The van der Waals surface area contributed by atoms with Gasteiger partial charge in [0, 0.05) is 36.7 Å². The summed E-state index contributed by atoms with van der Waals surface area (Å²) in [5.41, 5.74) is 7.79. The van der Waals surface area contributed by atoms with Gasteiger partial charge in [0.05, 0.1) is 16.9 Å². The minimum atomic E-state index is -4.49. The minimum absolute atomic E-state index is 0.192. The van der Waals surface area contributed by atoms with Crippen LogP contribution in [0.15, 0.2) is 55.4 Å². The molecule has 0 atom stereocenters. The van der Waals surface area contributed by atoms with E-state index >= 15 is 0 Å². The lowest BCUT2D eigenvalue weighted by Gasteiger charge is -2.31. The fraction of sp³-hybridized carbons (Fsp3) is 0.308. The molecule has 0 saturated carbocycles. The highest BCUT2D eigenvalue weighted by Crippen LogP contribution is 2.37. The van der Waals surface area contributed by atoms with Crippen molar-refractivity contribution >= 4 is 23.0 Å². The van der Waals surface area contributed by atoms with Gasteiger partial charge in [0.25, 0.3) is 0 Å². The largest absolute Gasteiger partial charge is 0.416 e. The van der Waals surface area contributed by atoms with Gasteiger partial charge in [-0.25, -0.2) is 14.4 Å². The number of aromatic nitrogens is 2. The molecule has 5 nitrogen and oxygen atoms in total. The summed E-state index contributed by atoms with van der Waals surface area (Å²) in [6, 6.07) is 8.31. The summed E-state index contributed by atoms with van der Waals surface area (Å²) in [6.07, 6.45) is 3.04. The Balaban J connectivity index is 1.57. The number of rotatable bonds is 7. The van der Waals surface area contributed by atoms with Crippen molar-refractivity contribution in [2.75, 3.05) is 29.0 Å². The van der Waals surface area contributed by atoms with Gasteiger partial charge in [-0.2, -0.15) is 13.2 Å². The maximum absolute atomic E-state index is 14.7. The molecule has 3 N–H and O–H groups in total. The van der Waals surface area contributed by atoms with Crippen LogP contribution in [0.3, 0.4) is 0 Å². The molecule has 1 aliphatic heterocycles. The van der Waals surface area contributed by atoms with Gasteiger partial charge in [-0.3, -0.25) is 0 Å². The molecule has 0 radical (unpaired) electrons. The van der Waals surface area contributed by atoms with Crippen LogP contribution < -0.4 is 16.0 Å². The lowest BCUT2D eigenvalue weighted by molar-refractivity contribution is -0.137. The number of nitrogens with two attached hydrogens (primary N) is 1. The van der Waals surface area contributed by atoms with Crippen molar-refractivity contribution in [1.29, 1.82) is 0 Å². The molecule has 1 saturated heterocycles. The Morgan fingerprint density at radius 1 is 0.971 bits per heavy atom. The van der Waals surface area contributed by atoms with Crippen molar-refractivity contribution in [2.24, 2.45) is 0 Å². The summed E-state index contributed by atoms with van der Waals surface area (Å²) in [7, 11) is 0. The molecule has 184 valence electrons. The first-order valence-corrected chi connectivity index (χ1v) is 11.5. The topological polar surface area (TPSA) is 67.1 Å². The molecule has 0 bridgehead atoms. The molecular weight excluding hydrogens is 458 g/mol. The molecule has 0 aliphatic carbocycles. The van der Waals surface area contributed by atoms with Crippen molar-refractivity contribution < 1.29 is 17.6 Å². The highest BCUT2D eigenvalue weighted by molar-refractivity contribution is 5.83. The molecule has 1 aliphatic rings. The van der Waals surface area contributed by atoms with E-state index in [2.05, 4.69) is 26.8 Å². The first-order chi connectivity index (χ1) is 16.7. The highest BCUT2D eigenvalue weighted by Gasteiger charge is 2.31. The van der Waals surface area contributed by atoms with Gasteiger partial charge in [0.2, 0.25) is 5.95 Å². The summed E-state index contributed by atoms with van der Waals surface area (Å²) < 4.78 is 55.0. The molecule has 0 amide bonds. The number of hydrogen-bond donors (Lipinski definition) is 2. The number of nitrogen functional groups attached to an aromatic ring is 1. The molecule has 3 aromatic rings. The molecule has 9 heteroatoms. The Hall–Kier alpha value is -3.62. The monoisotopic (exact) mass is 485 g/mol. The Morgan fingerprint density at radius 2 is 1.66 bits per heavy atom. The van der Waals surface area contributed by atoms with E-state index in [0.717, 1.165) is 55.6 Å². The molecule has 2 aromatic carbocycles. The highest BCUT2D eigenvalue weighted by atomic mass is 19.4. The van der Waals surface area contributed by atoms with Crippen molar-refractivity contribution in [2.45, 2.75) is 38.3 Å². The van der Waals surface area contributed by atoms with Crippen LogP contribution in [0.2, 0.25) is 0 Å². The van der Waals surface area contributed by atoms with E-state index in [-0.39, 0.29) is 22.9 Å². The zero-order chi connectivity index (χ0) is 25.0. The molecule has 2 heterocycles. The number of alkyl halides is 3. The van der Waals surface area contributed by atoms with Gasteiger partial charge < -0.3 is 16.0 Å². The summed E-state index contributed by atoms with van der Waals surface area (Å²) in [5.74, 6) is -0.313. The van der Waals surface area contributed by atoms with Gasteiger partial charge in [0.1, 0.15) is 5.82 Å². The van der Waals surface area contributed by atoms with E-state index in [1.807, 2.05) is 0 Å². The zero-order valence-corrected chi connectivity index (χ0v) is 19.2. The van der Waals surface area contributed by atoms with Crippen LogP contribution in [0.5, 0.6) is 0 Å². The Bertz CT molecular complexity index is 1190. The Kier molecular flexibility index (Phi) is 7.23. The smallest absolute Gasteiger partial charge is 0.370 e. The first kappa shape index (κ1) is 24.5. The number of halogens is 4. The van der Waals surface area contributed by atoms with Gasteiger partial charge >= 0.3 is 6.18 Å². The van der Waals surface area contributed by atoms with Crippen molar-refractivity contribution in [1.82, 2.24) is 9.97 Å².